The number of urea groups is 1. The molecule has 0 radical (unpaired) electrons. The second kappa shape index (κ2) is 5.73. The van der Waals surface area contributed by atoms with Gasteiger partial charge in [-0.2, -0.15) is 0 Å². The zero-order valence-corrected chi connectivity index (χ0v) is 8.15. The van der Waals surface area contributed by atoms with Gasteiger partial charge in [0.1, 0.15) is 0 Å². The number of rotatable bonds is 5. The SMILES string of the molecule is CCNS(=O)(=O)CCNC(=O)NN. The molecule has 0 aromatic carbocycles. The summed E-state index contributed by atoms with van der Waals surface area (Å²) in [5.41, 5.74) is 1.82. The molecule has 0 saturated carbocycles. The van der Waals surface area contributed by atoms with E-state index in [0.29, 0.717) is 6.54 Å². The van der Waals surface area contributed by atoms with Crippen molar-refractivity contribution >= 4 is 16.1 Å². The van der Waals surface area contributed by atoms with Gasteiger partial charge >= 0.3 is 6.03 Å². The lowest BCUT2D eigenvalue weighted by molar-refractivity contribution is 0.242. The normalized spacial score (nSPS) is 10.9. The van der Waals surface area contributed by atoms with Gasteiger partial charge in [0, 0.05) is 13.1 Å². The molecule has 0 spiro atoms. The van der Waals surface area contributed by atoms with Crippen molar-refractivity contribution in [3.63, 3.8) is 0 Å². The fourth-order valence-corrected chi connectivity index (χ4v) is 1.60. The van der Waals surface area contributed by atoms with E-state index < -0.39 is 16.1 Å². The number of nitrogens with one attached hydrogen (secondary N) is 3. The summed E-state index contributed by atoms with van der Waals surface area (Å²) in [5, 5.41) is 2.25. The van der Waals surface area contributed by atoms with Gasteiger partial charge in [0.15, 0.2) is 0 Å². The lowest BCUT2D eigenvalue weighted by Gasteiger charge is -2.05. The number of carbonyl (C=O) groups is 1. The van der Waals surface area contributed by atoms with Crippen LogP contribution >= 0.6 is 0 Å². The van der Waals surface area contributed by atoms with E-state index in [1.165, 1.54) is 0 Å². The van der Waals surface area contributed by atoms with E-state index in [-0.39, 0.29) is 12.3 Å². The second-order valence-electron chi connectivity index (χ2n) is 2.22. The van der Waals surface area contributed by atoms with E-state index in [0.717, 1.165) is 0 Å². The number of nitrogens with two attached hydrogens (primary N) is 1. The fourth-order valence-electron chi connectivity index (χ4n) is 0.642. The molecule has 78 valence electrons. The van der Waals surface area contributed by atoms with E-state index in [2.05, 4.69) is 10.0 Å². The fraction of sp³-hybridized carbons (Fsp3) is 0.800. The number of amides is 2. The van der Waals surface area contributed by atoms with Gasteiger partial charge in [-0.15, -0.1) is 0 Å². The summed E-state index contributed by atoms with van der Waals surface area (Å²) in [6.45, 7) is 2.04. The van der Waals surface area contributed by atoms with Gasteiger partial charge in [0.2, 0.25) is 10.0 Å². The molecule has 2 amide bonds. The Morgan fingerprint density at radius 2 is 2.08 bits per heavy atom. The van der Waals surface area contributed by atoms with Crippen LogP contribution in [0.3, 0.4) is 0 Å². The minimum atomic E-state index is -3.27. The topological polar surface area (TPSA) is 113 Å². The van der Waals surface area contributed by atoms with Crippen LogP contribution in [0.25, 0.3) is 0 Å². The first-order valence-electron chi connectivity index (χ1n) is 3.73. The predicted molar refractivity (Wildman–Crippen MR) is 48.2 cm³/mol. The molecule has 0 aliphatic carbocycles. The molecule has 0 aromatic heterocycles. The smallest absolute Gasteiger partial charge is 0.328 e. The van der Waals surface area contributed by atoms with Crippen molar-refractivity contribution in [3.8, 4) is 0 Å². The number of carbonyl (C=O) groups excluding carboxylic acids is 1. The highest BCUT2D eigenvalue weighted by molar-refractivity contribution is 7.89. The maximum atomic E-state index is 11.0. The molecular formula is C5H14N4O3S. The average Bonchev–Trinajstić information content (AvgIpc) is 2.03. The van der Waals surface area contributed by atoms with Crippen LogP contribution in [0.4, 0.5) is 4.79 Å². The molecule has 0 fully saturated rings. The van der Waals surface area contributed by atoms with Crippen LogP contribution in [0.2, 0.25) is 0 Å². The Kier molecular flexibility index (Phi) is 5.35. The molecule has 8 heteroatoms. The van der Waals surface area contributed by atoms with Crippen LogP contribution in [0, 0.1) is 0 Å². The largest absolute Gasteiger partial charge is 0.336 e. The Morgan fingerprint density at radius 3 is 2.54 bits per heavy atom. The van der Waals surface area contributed by atoms with Gasteiger partial charge in [-0.3, -0.25) is 5.43 Å². The summed E-state index contributed by atoms with van der Waals surface area (Å²) in [6.07, 6.45) is 0. The highest BCUT2D eigenvalue weighted by Gasteiger charge is 2.07. The molecule has 13 heavy (non-hydrogen) atoms. The highest BCUT2D eigenvalue weighted by atomic mass is 32.2. The quantitative estimate of drug-likeness (QED) is 0.241. The first-order chi connectivity index (χ1) is 6.02. The van der Waals surface area contributed by atoms with E-state index >= 15 is 0 Å². The first-order valence-corrected chi connectivity index (χ1v) is 5.39. The molecule has 0 aromatic rings. The summed E-state index contributed by atoms with van der Waals surface area (Å²) in [6, 6.07) is -0.605. The van der Waals surface area contributed by atoms with Crippen LogP contribution in [0.5, 0.6) is 0 Å². The van der Waals surface area contributed by atoms with Gasteiger partial charge in [0.05, 0.1) is 5.75 Å². The Morgan fingerprint density at radius 1 is 1.46 bits per heavy atom. The second-order valence-corrected chi connectivity index (χ2v) is 4.14. The summed E-state index contributed by atoms with van der Waals surface area (Å²) >= 11 is 0. The summed E-state index contributed by atoms with van der Waals surface area (Å²) in [7, 11) is -3.27. The molecular weight excluding hydrogens is 196 g/mol. The predicted octanol–water partition coefficient (Wildman–Crippen LogP) is -1.90. The lowest BCUT2D eigenvalue weighted by Crippen LogP contribution is -2.42. The maximum absolute atomic E-state index is 11.0. The number of hydrogen-bond acceptors (Lipinski definition) is 4. The van der Waals surface area contributed by atoms with E-state index in [1.54, 1.807) is 6.92 Å². The zero-order valence-electron chi connectivity index (χ0n) is 7.33. The standard InChI is InChI=1S/C5H14N4O3S/c1-2-8-13(11,12)4-3-7-5(10)9-6/h8H,2-4,6H2,1H3,(H2,7,9,10). The Labute approximate surface area is 77.1 Å². The van der Waals surface area contributed by atoms with Crippen molar-refractivity contribution in [3.05, 3.63) is 0 Å². The molecule has 0 aliphatic heterocycles. The first kappa shape index (κ1) is 12.1. The third kappa shape index (κ3) is 6.31. The van der Waals surface area contributed by atoms with Crippen molar-refractivity contribution < 1.29 is 13.2 Å². The molecule has 0 heterocycles. The van der Waals surface area contributed by atoms with Crippen molar-refractivity contribution in [2.24, 2.45) is 5.84 Å². The third-order valence-electron chi connectivity index (χ3n) is 1.15. The summed E-state index contributed by atoms with van der Waals surface area (Å²) < 4.78 is 24.3. The summed E-state index contributed by atoms with van der Waals surface area (Å²) in [5.74, 6) is 4.59. The Balaban J connectivity index is 3.70. The maximum Gasteiger partial charge on any atom is 0.328 e. The zero-order chi connectivity index (χ0) is 10.3. The van der Waals surface area contributed by atoms with Crippen LogP contribution in [-0.2, 0) is 10.0 Å². The van der Waals surface area contributed by atoms with Crippen molar-refractivity contribution in [1.82, 2.24) is 15.5 Å². The van der Waals surface area contributed by atoms with Crippen molar-refractivity contribution in [2.45, 2.75) is 6.92 Å². The summed E-state index contributed by atoms with van der Waals surface area (Å²) in [4.78, 5) is 10.5. The van der Waals surface area contributed by atoms with Crippen molar-refractivity contribution in [2.75, 3.05) is 18.8 Å². The van der Waals surface area contributed by atoms with Crippen molar-refractivity contribution in [1.29, 1.82) is 0 Å². The Bertz CT molecular complexity index is 251. The third-order valence-corrected chi connectivity index (χ3v) is 2.62. The molecule has 7 nitrogen and oxygen atoms in total. The van der Waals surface area contributed by atoms with Crippen LogP contribution in [0.1, 0.15) is 6.92 Å². The van der Waals surface area contributed by atoms with Gasteiger partial charge in [0.25, 0.3) is 0 Å². The van der Waals surface area contributed by atoms with Gasteiger partial charge in [-0.1, -0.05) is 6.92 Å². The van der Waals surface area contributed by atoms with E-state index in [4.69, 9.17) is 5.84 Å². The highest BCUT2D eigenvalue weighted by Crippen LogP contribution is 1.80. The monoisotopic (exact) mass is 210 g/mol. The van der Waals surface area contributed by atoms with Gasteiger partial charge in [-0.25, -0.2) is 23.8 Å². The number of hydrogen-bond donors (Lipinski definition) is 4. The average molecular weight is 210 g/mol. The van der Waals surface area contributed by atoms with Crippen LogP contribution < -0.4 is 21.3 Å². The van der Waals surface area contributed by atoms with E-state index in [9.17, 15) is 13.2 Å². The molecule has 0 rings (SSSR count). The molecule has 0 unspecified atom stereocenters. The van der Waals surface area contributed by atoms with Crippen LogP contribution in [-0.4, -0.2) is 33.3 Å². The number of hydrazine groups is 1. The molecule has 0 aliphatic rings. The number of sulfonamides is 1. The van der Waals surface area contributed by atoms with Gasteiger partial charge < -0.3 is 5.32 Å². The minimum Gasteiger partial charge on any atom is -0.336 e. The molecule has 0 atom stereocenters. The molecule has 0 saturated heterocycles. The van der Waals surface area contributed by atoms with Crippen LogP contribution in [0.15, 0.2) is 0 Å². The molecule has 0 bridgehead atoms. The van der Waals surface area contributed by atoms with Gasteiger partial charge in [-0.05, 0) is 0 Å². The minimum absolute atomic E-state index is 0.0262. The Hall–Kier alpha value is -0.860. The van der Waals surface area contributed by atoms with E-state index in [1.807, 2.05) is 5.43 Å². The molecule has 5 N–H and O–H groups in total. The lowest BCUT2D eigenvalue weighted by atomic mass is 10.7.